The topological polar surface area (TPSA) is 162 Å². The molecule has 0 radical (unpaired) electrons. The van der Waals surface area contributed by atoms with Crippen LogP contribution < -0.4 is 0 Å². The van der Waals surface area contributed by atoms with Crippen LogP contribution in [0.5, 0.6) is 0 Å². The minimum absolute atomic E-state index is 0.0395. The highest BCUT2D eigenvalue weighted by Gasteiger charge is 2.25. The Balaban J connectivity index is 0.000000186. The summed E-state index contributed by atoms with van der Waals surface area (Å²) in [5, 5.41) is 14.9. The lowest BCUT2D eigenvalue weighted by Crippen LogP contribution is -2.20. The first-order valence-electron chi connectivity index (χ1n) is 12.3. The highest BCUT2D eigenvalue weighted by molar-refractivity contribution is 6.22. The summed E-state index contributed by atoms with van der Waals surface area (Å²) in [5.74, 6) is -1.32. The van der Waals surface area contributed by atoms with Gasteiger partial charge in [0, 0.05) is 32.7 Å². The molecular formula is C26H27N9O5. The highest BCUT2D eigenvalue weighted by Crippen LogP contribution is 2.19. The van der Waals surface area contributed by atoms with Crippen LogP contribution in [-0.2, 0) is 14.3 Å². The average molecular weight is 546 g/mol. The normalized spacial score (nSPS) is 11.2. The minimum atomic E-state index is -0.685. The van der Waals surface area contributed by atoms with E-state index in [1.807, 2.05) is 18.2 Å². The quantitative estimate of drug-likeness (QED) is 0.1000. The number of rotatable bonds is 8. The number of fused-ring (bicyclic) bond motifs is 2. The van der Waals surface area contributed by atoms with Crippen molar-refractivity contribution in [2.75, 3.05) is 27.3 Å². The van der Waals surface area contributed by atoms with E-state index in [1.54, 1.807) is 68.0 Å². The number of hydrogen-bond acceptors (Lipinski definition) is 11. The Morgan fingerprint density at radius 1 is 0.925 bits per heavy atom. The van der Waals surface area contributed by atoms with E-state index < -0.39 is 17.7 Å². The number of H-pyrrole nitrogens is 1. The predicted molar refractivity (Wildman–Crippen MR) is 142 cm³/mol. The van der Waals surface area contributed by atoms with Gasteiger partial charge in [-0.15, -0.1) is 10.2 Å². The summed E-state index contributed by atoms with van der Waals surface area (Å²) in [5.41, 5.74) is 1.92. The molecule has 0 aliphatic carbocycles. The summed E-state index contributed by atoms with van der Waals surface area (Å²) < 4.78 is 13.0. The predicted octanol–water partition coefficient (Wildman–Crippen LogP) is 2.22. The van der Waals surface area contributed by atoms with E-state index in [0.29, 0.717) is 35.0 Å². The van der Waals surface area contributed by atoms with Crippen LogP contribution in [0.2, 0.25) is 0 Å². The van der Waals surface area contributed by atoms with Gasteiger partial charge in [-0.2, -0.15) is 5.10 Å². The van der Waals surface area contributed by atoms with Crippen LogP contribution in [0.1, 0.15) is 34.8 Å². The van der Waals surface area contributed by atoms with E-state index in [9.17, 15) is 14.4 Å². The fraction of sp³-hybridized carbons (Fsp3) is 0.231. The number of esters is 2. The maximum absolute atomic E-state index is 12.4. The SMILES string of the molecule is CCOC(=O)/C(=C/N(C)C)C(=O)c1nc2ccccn2n1.CCOC(=O)c1cn[nH]c1-c1nc2ccccn2n1. The Kier molecular flexibility index (Phi) is 8.59. The molecule has 5 aromatic rings. The number of ketones is 1. The van der Waals surface area contributed by atoms with Gasteiger partial charge in [-0.25, -0.2) is 28.6 Å². The van der Waals surface area contributed by atoms with Gasteiger partial charge in [0.1, 0.15) is 16.8 Å². The number of aromatic nitrogens is 8. The molecule has 0 aliphatic heterocycles. The first-order chi connectivity index (χ1) is 19.3. The van der Waals surface area contributed by atoms with Gasteiger partial charge in [0.2, 0.25) is 17.4 Å². The fourth-order valence-electron chi connectivity index (χ4n) is 3.48. The summed E-state index contributed by atoms with van der Waals surface area (Å²) in [6.07, 6.45) is 6.29. The molecule has 1 N–H and O–H groups in total. The molecule has 14 nitrogen and oxygen atoms in total. The van der Waals surface area contributed by atoms with Crippen molar-refractivity contribution in [2.45, 2.75) is 13.8 Å². The first kappa shape index (κ1) is 27.6. The third kappa shape index (κ3) is 6.18. The number of aromatic amines is 1. The van der Waals surface area contributed by atoms with Crippen LogP contribution in [0.3, 0.4) is 0 Å². The molecule has 0 aliphatic rings. The molecule has 0 aromatic carbocycles. The highest BCUT2D eigenvalue weighted by atomic mass is 16.5. The third-order valence-corrected chi connectivity index (χ3v) is 5.17. The van der Waals surface area contributed by atoms with Crippen molar-refractivity contribution < 1.29 is 23.9 Å². The molecule has 40 heavy (non-hydrogen) atoms. The molecule has 0 bridgehead atoms. The standard InChI is InChI=1S/C14H16N4O3.C12H11N5O2/c1-4-21-14(20)10(9-17(2)3)12(19)13-15-11-7-5-6-8-18(11)16-13;1-2-19-12(18)8-7-13-15-10(8)11-14-9-5-3-4-6-17(9)16-11/h5-9H,4H2,1-3H3;3-7H,2H2,1H3,(H,13,15)/b10-9+;. The molecule has 5 aromatic heterocycles. The van der Waals surface area contributed by atoms with Gasteiger partial charge in [-0.1, -0.05) is 12.1 Å². The van der Waals surface area contributed by atoms with Gasteiger partial charge in [-0.3, -0.25) is 9.89 Å². The number of carbonyl (C=O) groups excluding carboxylic acids is 3. The fourth-order valence-corrected chi connectivity index (χ4v) is 3.48. The molecule has 0 unspecified atom stereocenters. The number of carbonyl (C=O) groups is 3. The molecule has 206 valence electrons. The molecule has 0 saturated heterocycles. The Bertz CT molecular complexity index is 1620. The minimum Gasteiger partial charge on any atom is -0.462 e. The Morgan fingerprint density at radius 3 is 2.17 bits per heavy atom. The van der Waals surface area contributed by atoms with E-state index in [4.69, 9.17) is 9.47 Å². The van der Waals surface area contributed by atoms with Gasteiger partial charge in [0.05, 0.1) is 19.4 Å². The van der Waals surface area contributed by atoms with Crippen LogP contribution in [-0.4, -0.2) is 89.3 Å². The number of hydrogen-bond donors (Lipinski definition) is 1. The summed E-state index contributed by atoms with van der Waals surface area (Å²) in [6, 6.07) is 10.8. The first-order valence-corrected chi connectivity index (χ1v) is 12.3. The average Bonchev–Trinajstić information content (AvgIpc) is 3.69. The zero-order valence-corrected chi connectivity index (χ0v) is 22.3. The molecule has 0 amide bonds. The molecule has 0 saturated carbocycles. The smallest absolute Gasteiger partial charge is 0.343 e. The van der Waals surface area contributed by atoms with Crippen molar-refractivity contribution in [3.8, 4) is 11.5 Å². The monoisotopic (exact) mass is 545 g/mol. The summed E-state index contributed by atoms with van der Waals surface area (Å²) >= 11 is 0. The Morgan fingerprint density at radius 2 is 1.57 bits per heavy atom. The van der Waals surface area contributed by atoms with Crippen molar-refractivity contribution in [2.24, 2.45) is 0 Å². The summed E-state index contributed by atoms with van der Waals surface area (Å²) in [7, 11) is 3.42. The molecule has 0 spiro atoms. The van der Waals surface area contributed by atoms with Crippen molar-refractivity contribution in [3.05, 3.63) is 78.1 Å². The number of Topliss-reactive ketones (excluding diaryl/α,β-unsaturated/α-hetero) is 1. The molecule has 14 heteroatoms. The van der Waals surface area contributed by atoms with Crippen LogP contribution in [0.15, 0.2) is 66.8 Å². The van der Waals surface area contributed by atoms with Gasteiger partial charge in [-0.05, 0) is 38.1 Å². The molecule has 0 atom stereocenters. The van der Waals surface area contributed by atoms with E-state index in [2.05, 4.69) is 30.4 Å². The summed E-state index contributed by atoms with van der Waals surface area (Å²) in [6.45, 7) is 3.93. The van der Waals surface area contributed by atoms with Gasteiger partial charge in [0.25, 0.3) is 0 Å². The zero-order valence-electron chi connectivity index (χ0n) is 22.3. The number of nitrogens with zero attached hydrogens (tertiary/aromatic N) is 8. The third-order valence-electron chi connectivity index (χ3n) is 5.17. The van der Waals surface area contributed by atoms with Gasteiger partial charge in [0.15, 0.2) is 11.3 Å². The number of nitrogens with one attached hydrogen (secondary N) is 1. The lowest BCUT2D eigenvalue weighted by molar-refractivity contribution is -0.138. The second-order valence-electron chi connectivity index (χ2n) is 8.31. The van der Waals surface area contributed by atoms with Crippen LogP contribution in [0.25, 0.3) is 22.8 Å². The molecule has 5 rings (SSSR count). The maximum atomic E-state index is 12.4. The van der Waals surface area contributed by atoms with Crippen LogP contribution in [0, 0.1) is 0 Å². The van der Waals surface area contributed by atoms with Gasteiger partial charge < -0.3 is 14.4 Å². The van der Waals surface area contributed by atoms with E-state index >= 15 is 0 Å². The van der Waals surface area contributed by atoms with E-state index in [0.717, 1.165) is 0 Å². The van der Waals surface area contributed by atoms with Crippen molar-refractivity contribution in [3.63, 3.8) is 0 Å². The number of pyridine rings is 2. The Hall–Kier alpha value is -5.40. The van der Waals surface area contributed by atoms with E-state index in [-0.39, 0.29) is 18.0 Å². The van der Waals surface area contributed by atoms with Crippen LogP contribution >= 0.6 is 0 Å². The number of ether oxygens (including phenoxy) is 2. The Labute approximate surface area is 228 Å². The van der Waals surface area contributed by atoms with Crippen molar-refractivity contribution in [1.82, 2.24) is 44.3 Å². The maximum Gasteiger partial charge on any atom is 0.343 e. The van der Waals surface area contributed by atoms with Crippen molar-refractivity contribution >= 4 is 29.0 Å². The largest absolute Gasteiger partial charge is 0.462 e. The lowest BCUT2D eigenvalue weighted by atomic mass is 10.1. The van der Waals surface area contributed by atoms with Crippen molar-refractivity contribution in [1.29, 1.82) is 0 Å². The van der Waals surface area contributed by atoms with E-state index in [1.165, 1.54) is 16.9 Å². The molecular weight excluding hydrogens is 518 g/mol. The molecule has 5 heterocycles. The second-order valence-corrected chi connectivity index (χ2v) is 8.31. The summed E-state index contributed by atoms with van der Waals surface area (Å²) in [4.78, 5) is 46.2. The van der Waals surface area contributed by atoms with Gasteiger partial charge >= 0.3 is 11.9 Å². The van der Waals surface area contributed by atoms with Crippen LogP contribution in [0.4, 0.5) is 0 Å². The molecule has 0 fully saturated rings. The zero-order chi connectivity index (χ0) is 28.6. The second kappa shape index (κ2) is 12.4. The lowest BCUT2D eigenvalue weighted by Gasteiger charge is -2.09.